The molecule has 0 fully saturated rings. The van der Waals surface area contributed by atoms with Crippen molar-refractivity contribution in [2.75, 3.05) is 4.31 Å². The minimum atomic E-state index is -3.79. The van der Waals surface area contributed by atoms with Crippen molar-refractivity contribution in [3.63, 3.8) is 0 Å². The van der Waals surface area contributed by atoms with Crippen molar-refractivity contribution in [3.8, 4) is 16.9 Å². The minimum absolute atomic E-state index is 0.0428. The van der Waals surface area contributed by atoms with Crippen LogP contribution in [0.1, 0.15) is 30.5 Å². The summed E-state index contributed by atoms with van der Waals surface area (Å²) in [6.45, 7) is 4.04. The van der Waals surface area contributed by atoms with E-state index < -0.39 is 10.0 Å². The number of anilines is 1. The Morgan fingerprint density at radius 2 is 1.59 bits per heavy atom. The third-order valence-corrected chi connectivity index (χ3v) is 6.99. The van der Waals surface area contributed by atoms with Gasteiger partial charge in [-0.3, -0.25) is 4.31 Å². The molecule has 0 amide bonds. The number of hydrogen-bond donors (Lipinski definition) is 1. The van der Waals surface area contributed by atoms with E-state index in [1.807, 2.05) is 50.2 Å². The second-order valence-electron chi connectivity index (χ2n) is 6.77. The number of benzene rings is 3. The average Bonchev–Trinajstić information content (AvgIpc) is 2.67. The topological polar surface area (TPSA) is 57.6 Å². The van der Waals surface area contributed by atoms with Crippen molar-refractivity contribution in [1.29, 1.82) is 0 Å². The molecule has 0 bridgehead atoms. The maximum atomic E-state index is 13.6. The minimum Gasteiger partial charge on any atom is -0.508 e. The molecule has 1 aliphatic rings. The second-order valence-corrected chi connectivity index (χ2v) is 8.59. The molecule has 0 aromatic heterocycles. The van der Waals surface area contributed by atoms with Crippen LogP contribution in [0.3, 0.4) is 0 Å². The van der Waals surface area contributed by atoms with Gasteiger partial charge in [-0.15, -0.1) is 0 Å². The van der Waals surface area contributed by atoms with Crippen molar-refractivity contribution in [2.24, 2.45) is 0 Å². The van der Waals surface area contributed by atoms with Crippen LogP contribution in [0.5, 0.6) is 5.75 Å². The number of hydrogen-bond acceptors (Lipinski definition) is 3. The largest absolute Gasteiger partial charge is 0.508 e. The number of rotatable bonds is 3. The zero-order chi connectivity index (χ0) is 19.2. The molecule has 1 atom stereocenters. The Hall–Kier alpha value is -2.79. The molecule has 0 radical (unpaired) electrons. The highest BCUT2D eigenvalue weighted by atomic mass is 32.2. The zero-order valence-corrected chi connectivity index (χ0v) is 16.1. The molecule has 1 aliphatic heterocycles. The van der Waals surface area contributed by atoms with Crippen LogP contribution in [0, 0.1) is 6.92 Å². The Labute approximate surface area is 159 Å². The van der Waals surface area contributed by atoms with E-state index in [2.05, 4.69) is 6.07 Å². The number of aryl methyl sites for hydroxylation is 1. The van der Waals surface area contributed by atoms with Gasteiger partial charge in [0.25, 0.3) is 10.0 Å². The summed E-state index contributed by atoms with van der Waals surface area (Å²) in [5, 5.41) is 9.55. The van der Waals surface area contributed by atoms with E-state index in [4.69, 9.17) is 0 Å². The van der Waals surface area contributed by atoms with Gasteiger partial charge in [0.2, 0.25) is 0 Å². The Bertz CT molecular complexity index is 1100. The van der Waals surface area contributed by atoms with Crippen molar-refractivity contribution in [2.45, 2.75) is 31.2 Å². The SMILES string of the molecule is CCC1c2c(C)cccc2-c2ccccc2N1S(=O)(=O)c1ccc(O)cc1. The molecule has 138 valence electrons. The molecule has 27 heavy (non-hydrogen) atoms. The smallest absolute Gasteiger partial charge is 0.264 e. The van der Waals surface area contributed by atoms with Crippen LogP contribution in [-0.2, 0) is 10.0 Å². The number of aromatic hydroxyl groups is 1. The molecular formula is C22H21NO3S. The van der Waals surface area contributed by atoms with Crippen LogP contribution in [0.15, 0.2) is 71.6 Å². The van der Waals surface area contributed by atoms with E-state index in [1.165, 1.54) is 24.3 Å². The predicted octanol–water partition coefficient (Wildman–Crippen LogP) is 5.03. The van der Waals surface area contributed by atoms with Crippen molar-refractivity contribution in [1.82, 2.24) is 0 Å². The van der Waals surface area contributed by atoms with Gasteiger partial charge >= 0.3 is 0 Å². The summed E-state index contributed by atoms with van der Waals surface area (Å²) in [5.41, 5.74) is 4.84. The van der Waals surface area contributed by atoms with Crippen molar-refractivity contribution in [3.05, 3.63) is 77.9 Å². The molecule has 0 saturated heterocycles. The summed E-state index contributed by atoms with van der Waals surface area (Å²) < 4.78 is 28.7. The Morgan fingerprint density at radius 3 is 2.30 bits per heavy atom. The van der Waals surface area contributed by atoms with Crippen LogP contribution >= 0.6 is 0 Å². The molecule has 3 aromatic rings. The van der Waals surface area contributed by atoms with Gasteiger partial charge in [0.15, 0.2) is 0 Å². The molecule has 0 spiro atoms. The molecule has 1 N–H and O–H groups in total. The summed E-state index contributed by atoms with van der Waals surface area (Å²) in [4.78, 5) is 0.172. The first kappa shape index (κ1) is 17.6. The van der Waals surface area contributed by atoms with Gasteiger partial charge in [-0.1, -0.05) is 43.3 Å². The Kier molecular flexibility index (Phi) is 4.19. The van der Waals surface area contributed by atoms with Gasteiger partial charge in [-0.25, -0.2) is 8.42 Å². The fourth-order valence-electron chi connectivity index (χ4n) is 3.94. The average molecular weight is 379 g/mol. The maximum Gasteiger partial charge on any atom is 0.264 e. The highest BCUT2D eigenvalue weighted by molar-refractivity contribution is 7.92. The summed E-state index contributed by atoms with van der Waals surface area (Å²) in [7, 11) is -3.79. The first-order valence-corrected chi connectivity index (χ1v) is 10.4. The quantitative estimate of drug-likeness (QED) is 0.694. The lowest BCUT2D eigenvalue weighted by molar-refractivity contribution is 0.474. The fourth-order valence-corrected chi connectivity index (χ4v) is 5.65. The van der Waals surface area contributed by atoms with Crippen LogP contribution in [0.2, 0.25) is 0 Å². The molecule has 4 rings (SSSR count). The number of para-hydroxylation sites is 1. The molecule has 0 aliphatic carbocycles. The molecule has 1 heterocycles. The summed E-state index contributed by atoms with van der Waals surface area (Å²) in [6.07, 6.45) is 0.656. The number of nitrogens with zero attached hydrogens (tertiary/aromatic N) is 1. The van der Waals surface area contributed by atoms with Crippen molar-refractivity contribution < 1.29 is 13.5 Å². The summed E-state index contributed by atoms with van der Waals surface area (Å²) in [6, 6.07) is 19.2. The lowest BCUT2D eigenvalue weighted by Gasteiger charge is -2.39. The second kappa shape index (κ2) is 6.43. The van der Waals surface area contributed by atoms with Gasteiger partial charge in [0, 0.05) is 5.56 Å². The molecule has 4 nitrogen and oxygen atoms in total. The first-order chi connectivity index (χ1) is 12.9. The molecule has 1 unspecified atom stereocenters. The lowest BCUT2D eigenvalue weighted by atomic mass is 9.86. The van der Waals surface area contributed by atoms with E-state index >= 15 is 0 Å². The third kappa shape index (κ3) is 2.70. The monoisotopic (exact) mass is 379 g/mol. The molecular weight excluding hydrogens is 358 g/mol. The van der Waals surface area contributed by atoms with E-state index in [1.54, 1.807) is 4.31 Å². The zero-order valence-electron chi connectivity index (χ0n) is 15.3. The normalized spacial score (nSPS) is 15.9. The number of sulfonamides is 1. The van der Waals surface area contributed by atoms with Gasteiger partial charge < -0.3 is 5.11 Å². The van der Waals surface area contributed by atoms with Gasteiger partial charge in [0.1, 0.15) is 5.75 Å². The summed E-state index contributed by atoms with van der Waals surface area (Å²) in [5.74, 6) is 0.0428. The maximum absolute atomic E-state index is 13.6. The third-order valence-electron chi connectivity index (χ3n) is 5.15. The molecule has 5 heteroatoms. The van der Waals surface area contributed by atoms with Gasteiger partial charge in [-0.05, 0) is 60.4 Å². The van der Waals surface area contributed by atoms with E-state index in [0.29, 0.717) is 12.1 Å². The standard InChI is InChI=1S/C22H21NO3S/c1-3-20-22-15(2)7-6-9-19(22)18-8-4-5-10-21(18)23(20)27(25,26)17-13-11-16(24)12-14-17/h4-14,20,24H,3H2,1-2H3. The van der Waals surface area contributed by atoms with Crippen LogP contribution in [-0.4, -0.2) is 13.5 Å². The number of fused-ring (bicyclic) bond motifs is 3. The van der Waals surface area contributed by atoms with E-state index in [-0.39, 0.29) is 16.7 Å². The molecule has 0 saturated carbocycles. The van der Waals surface area contributed by atoms with Crippen LogP contribution in [0.25, 0.3) is 11.1 Å². The predicted molar refractivity (Wildman–Crippen MR) is 107 cm³/mol. The highest BCUT2D eigenvalue weighted by Gasteiger charge is 2.38. The molecule has 3 aromatic carbocycles. The van der Waals surface area contributed by atoms with Gasteiger partial charge in [-0.2, -0.15) is 0 Å². The first-order valence-electron chi connectivity index (χ1n) is 8.97. The van der Waals surface area contributed by atoms with E-state index in [9.17, 15) is 13.5 Å². The fraction of sp³-hybridized carbons (Fsp3) is 0.182. The number of phenols is 1. The lowest BCUT2D eigenvalue weighted by Crippen LogP contribution is -2.37. The Morgan fingerprint density at radius 1 is 0.926 bits per heavy atom. The summed E-state index contributed by atoms with van der Waals surface area (Å²) >= 11 is 0. The van der Waals surface area contributed by atoms with E-state index in [0.717, 1.165) is 22.3 Å². The highest BCUT2D eigenvalue weighted by Crippen LogP contribution is 2.49. The van der Waals surface area contributed by atoms with Crippen LogP contribution in [0.4, 0.5) is 5.69 Å². The Balaban J connectivity index is 2.00. The van der Waals surface area contributed by atoms with Gasteiger partial charge in [0.05, 0.1) is 16.6 Å². The number of phenolic OH excluding ortho intramolecular Hbond substituents is 1. The van der Waals surface area contributed by atoms with Crippen LogP contribution < -0.4 is 4.31 Å². The van der Waals surface area contributed by atoms with Crippen molar-refractivity contribution >= 4 is 15.7 Å².